The van der Waals surface area contributed by atoms with Gasteiger partial charge in [-0.2, -0.15) is 0 Å². The fourth-order valence-corrected chi connectivity index (χ4v) is 3.93. The van der Waals surface area contributed by atoms with Gasteiger partial charge in [-0.3, -0.25) is 0 Å². The molecule has 1 N–H and O–H groups in total. The van der Waals surface area contributed by atoms with Crippen LogP contribution in [-0.2, 0) is 0 Å². The van der Waals surface area contributed by atoms with Crippen molar-refractivity contribution in [2.24, 2.45) is 4.66 Å². The first kappa shape index (κ1) is 17.9. The van der Waals surface area contributed by atoms with Crippen molar-refractivity contribution in [3.63, 3.8) is 0 Å². The predicted octanol–water partition coefficient (Wildman–Crippen LogP) is 5.00. The number of nitrogens with one attached hydrogen (secondary N) is 1. The molecule has 0 saturated carbocycles. The van der Waals surface area contributed by atoms with Crippen LogP contribution in [0.2, 0.25) is 36.3 Å². The largest absolute Gasteiger partial charge is 0.400 e. The summed E-state index contributed by atoms with van der Waals surface area (Å²) < 4.78 is 5.06. The minimum absolute atomic E-state index is 0.309. The van der Waals surface area contributed by atoms with Crippen molar-refractivity contribution in [2.45, 2.75) is 84.7 Å². The van der Waals surface area contributed by atoms with Gasteiger partial charge >= 0.3 is 0 Å². The van der Waals surface area contributed by atoms with E-state index in [0.717, 1.165) is 5.84 Å². The molecule has 18 heavy (non-hydrogen) atoms. The summed E-state index contributed by atoms with van der Waals surface area (Å²) in [5.41, 5.74) is 0. The zero-order chi connectivity index (χ0) is 15.0. The number of amidine groups is 1. The Morgan fingerprint density at radius 3 is 1.50 bits per heavy atom. The highest BCUT2D eigenvalue weighted by atomic mass is 28.3. The van der Waals surface area contributed by atoms with Gasteiger partial charge in [-0.05, 0) is 30.1 Å². The highest BCUT2D eigenvalue weighted by Crippen LogP contribution is 2.37. The van der Waals surface area contributed by atoms with Crippen LogP contribution < -0.4 is 4.98 Å². The minimum Gasteiger partial charge on any atom is -0.400 e. The van der Waals surface area contributed by atoms with E-state index >= 15 is 0 Å². The van der Waals surface area contributed by atoms with Crippen molar-refractivity contribution in [3.05, 3.63) is 0 Å². The van der Waals surface area contributed by atoms with Crippen LogP contribution >= 0.6 is 0 Å². The molecule has 0 aliphatic carbocycles. The van der Waals surface area contributed by atoms with E-state index < -0.39 is 16.5 Å². The number of hydrogen-bond acceptors (Lipinski definition) is 1. The summed E-state index contributed by atoms with van der Waals surface area (Å²) in [6.07, 6.45) is 0. The van der Waals surface area contributed by atoms with Crippen LogP contribution in [0.15, 0.2) is 4.66 Å². The molecular formula is C14H34N2Si2. The molecule has 0 atom stereocenters. The molecule has 0 aromatic rings. The van der Waals surface area contributed by atoms with Crippen molar-refractivity contribution in [1.29, 1.82) is 0 Å². The van der Waals surface area contributed by atoms with Crippen molar-refractivity contribution >= 4 is 22.3 Å². The average molecular weight is 287 g/mol. The van der Waals surface area contributed by atoms with Gasteiger partial charge in [0.15, 0.2) is 16.5 Å². The Morgan fingerprint density at radius 1 is 0.833 bits per heavy atom. The second kappa shape index (κ2) is 5.12. The smallest absolute Gasteiger partial charge is 0.182 e. The van der Waals surface area contributed by atoms with E-state index in [0.29, 0.717) is 10.1 Å². The number of hydrogen-bond donors (Lipinski definition) is 1. The Bertz CT molecular complexity index is 318. The Labute approximate surface area is 117 Å². The molecule has 0 bridgehead atoms. The van der Waals surface area contributed by atoms with Gasteiger partial charge in [-0.25, -0.2) is 0 Å². The molecule has 0 aliphatic rings. The lowest BCUT2D eigenvalue weighted by Crippen LogP contribution is -2.54. The number of nitrogens with zero attached hydrogens (tertiary/aromatic N) is 1. The van der Waals surface area contributed by atoms with Crippen LogP contribution in [0, 0.1) is 0 Å². The maximum Gasteiger partial charge on any atom is 0.182 e. The first-order chi connectivity index (χ1) is 7.60. The molecule has 108 valence electrons. The molecular weight excluding hydrogens is 252 g/mol. The normalized spacial score (nSPS) is 15.8. The van der Waals surface area contributed by atoms with Crippen LogP contribution in [0.1, 0.15) is 48.5 Å². The SMILES string of the molecule is C/C(=N\[Si](C)(C)C(C)(C)C)N[Si](C)(C)C(C)(C)C. The standard InChI is InChI=1S/C14H34N2Si2/c1-12(15-17(8,9)13(2,3)4)16-18(10,11)14(5,6)7/h1-11H3,(H,15,16). The van der Waals surface area contributed by atoms with E-state index in [4.69, 9.17) is 4.66 Å². The molecule has 2 nitrogen and oxygen atoms in total. The molecule has 0 radical (unpaired) electrons. The van der Waals surface area contributed by atoms with E-state index in [2.05, 4.69) is 79.6 Å². The Hall–Kier alpha value is -0.0962. The molecule has 0 unspecified atom stereocenters. The quantitative estimate of drug-likeness (QED) is 0.431. The van der Waals surface area contributed by atoms with Gasteiger partial charge in [0, 0.05) is 0 Å². The van der Waals surface area contributed by atoms with Crippen LogP contribution in [0.5, 0.6) is 0 Å². The Balaban J connectivity index is 5.06. The third-order valence-electron chi connectivity index (χ3n) is 4.65. The molecule has 0 rings (SSSR count). The summed E-state index contributed by atoms with van der Waals surface area (Å²) in [6.45, 7) is 25.5. The fourth-order valence-electron chi connectivity index (χ4n) is 1.25. The van der Waals surface area contributed by atoms with Gasteiger partial charge in [-0.1, -0.05) is 54.6 Å². The third-order valence-corrected chi connectivity index (χ3v) is 14.0. The maximum absolute atomic E-state index is 5.06. The summed E-state index contributed by atoms with van der Waals surface area (Å²) in [4.78, 5) is 3.75. The molecule has 4 heteroatoms. The van der Waals surface area contributed by atoms with Gasteiger partial charge in [0.1, 0.15) is 0 Å². The second-order valence-electron chi connectivity index (χ2n) is 8.51. The van der Waals surface area contributed by atoms with Gasteiger partial charge in [0.25, 0.3) is 0 Å². The lowest BCUT2D eigenvalue weighted by molar-refractivity contribution is 0.707. The van der Waals surface area contributed by atoms with Gasteiger partial charge in [0.2, 0.25) is 0 Å². The topological polar surface area (TPSA) is 24.4 Å². The molecule has 0 heterocycles. The van der Waals surface area contributed by atoms with Crippen molar-refractivity contribution < 1.29 is 0 Å². The molecule has 0 saturated heterocycles. The molecule has 0 spiro atoms. The van der Waals surface area contributed by atoms with E-state index in [1.54, 1.807) is 0 Å². The highest BCUT2D eigenvalue weighted by molar-refractivity contribution is 6.82. The second-order valence-corrected chi connectivity index (χ2v) is 18.3. The van der Waals surface area contributed by atoms with Gasteiger partial charge in [0.05, 0.1) is 5.84 Å². The zero-order valence-electron chi connectivity index (χ0n) is 14.4. The number of rotatable bonds is 2. The monoisotopic (exact) mass is 286 g/mol. The van der Waals surface area contributed by atoms with E-state index in [1.807, 2.05) is 0 Å². The molecule has 0 aromatic heterocycles. The maximum atomic E-state index is 5.06. The summed E-state index contributed by atoms with van der Waals surface area (Å²) in [6, 6.07) is 0. The van der Waals surface area contributed by atoms with Crippen molar-refractivity contribution in [1.82, 2.24) is 4.98 Å². The lowest BCUT2D eigenvalue weighted by atomic mass is 10.2. The van der Waals surface area contributed by atoms with E-state index in [9.17, 15) is 0 Å². The van der Waals surface area contributed by atoms with Gasteiger partial charge < -0.3 is 9.64 Å². The predicted molar refractivity (Wildman–Crippen MR) is 90.6 cm³/mol. The highest BCUT2D eigenvalue weighted by Gasteiger charge is 2.38. The van der Waals surface area contributed by atoms with E-state index in [1.165, 1.54) is 0 Å². The Kier molecular flexibility index (Phi) is 5.09. The van der Waals surface area contributed by atoms with Crippen molar-refractivity contribution in [3.8, 4) is 0 Å². The molecule has 0 amide bonds. The summed E-state index contributed by atoms with van der Waals surface area (Å²) in [5.74, 6) is 1.15. The first-order valence-electron chi connectivity index (χ1n) is 6.95. The summed E-state index contributed by atoms with van der Waals surface area (Å²) in [5, 5.41) is 0.653. The third kappa shape index (κ3) is 4.54. The lowest BCUT2D eigenvalue weighted by Gasteiger charge is -2.39. The molecule has 0 aromatic carbocycles. The summed E-state index contributed by atoms with van der Waals surface area (Å²) in [7, 11) is -3.06. The first-order valence-corrected chi connectivity index (χ1v) is 12.9. The minimum atomic E-state index is -1.58. The average Bonchev–Trinajstić information content (AvgIpc) is 1.95. The van der Waals surface area contributed by atoms with Crippen molar-refractivity contribution in [2.75, 3.05) is 0 Å². The zero-order valence-corrected chi connectivity index (χ0v) is 16.4. The van der Waals surface area contributed by atoms with Crippen LogP contribution in [0.3, 0.4) is 0 Å². The van der Waals surface area contributed by atoms with Crippen LogP contribution in [-0.4, -0.2) is 22.3 Å². The van der Waals surface area contributed by atoms with Crippen LogP contribution in [0.4, 0.5) is 0 Å². The fraction of sp³-hybridized carbons (Fsp3) is 0.929. The van der Waals surface area contributed by atoms with E-state index in [-0.39, 0.29) is 0 Å². The summed E-state index contributed by atoms with van der Waals surface area (Å²) >= 11 is 0. The molecule has 0 fully saturated rings. The van der Waals surface area contributed by atoms with Gasteiger partial charge in [-0.15, -0.1) is 0 Å². The van der Waals surface area contributed by atoms with Crippen LogP contribution in [0.25, 0.3) is 0 Å². The molecule has 0 aliphatic heterocycles. The Morgan fingerprint density at radius 2 is 1.22 bits per heavy atom.